The summed E-state index contributed by atoms with van der Waals surface area (Å²) in [5.74, 6) is -0.213. The topological polar surface area (TPSA) is 29.5 Å². The normalized spacial score (nSPS) is 12.4. The van der Waals surface area contributed by atoms with Crippen LogP contribution >= 0.6 is 22.9 Å². The van der Waals surface area contributed by atoms with Crippen LogP contribution in [-0.4, -0.2) is 31.2 Å². The number of nitrogens with zero attached hydrogens (tertiary/aromatic N) is 1. The Labute approximate surface area is 151 Å². The number of fused-ring (bicyclic) bond motifs is 3. The highest BCUT2D eigenvalue weighted by Gasteiger charge is 2.13. The van der Waals surface area contributed by atoms with Crippen LogP contribution in [0.2, 0.25) is 5.02 Å². The Bertz CT molecular complexity index is 872. The Morgan fingerprint density at radius 1 is 1.17 bits per heavy atom. The van der Waals surface area contributed by atoms with Crippen LogP contribution in [0.4, 0.5) is 0 Å². The maximum absolute atomic E-state index is 12.0. The number of carbonyl (C=O) groups excluding carboxylic acids is 1. The SMILES string of the molecule is C.CC(OC(=O)Cc1ccc2c(c1)sc1ccc(Cl)cc12)N(C)C. The second-order valence-electron chi connectivity index (χ2n) is 5.80. The van der Waals surface area contributed by atoms with Gasteiger partial charge in [-0.3, -0.25) is 9.69 Å². The summed E-state index contributed by atoms with van der Waals surface area (Å²) in [7, 11) is 3.76. The third-order valence-electron chi connectivity index (χ3n) is 3.88. The molecule has 0 aliphatic carbocycles. The summed E-state index contributed by atoms with van der Waals surface area (Å²) in [6.45, 7) is 1.86. The van der Waals surface area contributed by atoms with Crippen molar-refractivity contribution < 1.29 is 9.53 Å². The number of esters is 1. The van der Waals surface area contributed by atoms with Crippen molar-refractivity contribution in [2.24, 2.45) is 0 Å². The fraction of sp³-hybridized carbons (Fsp3) is 0.316. The monoisotopic (exact) mass is 363 g/mol. The third-order valence-corrected chi connectivity index (χ3v) is 5.24. The Kier molecular flexibility index (Phi) is 5.86. The van der Waals surface area contributed by atoms with Gasteiger partial charge in [0.15, 0.2) is 6.23 Å². The van der Waals surface area contributed by atoms with Gasteiger partial charge in [-0.25, -0.2) is 0 Å². The summed E-state index contributed by atoms with van der Waals surface area (Å²) >= 11 is 7.80. The minimum absolute atomic E-state index is 0. The molecule has 1 aromatic heterocycles. The van der Waals surface area contributed by atoms with Crippen molar-refractivity contribution in [1.29, 1.82) is 0 Å². The second-order valence-corrected chi connectivity index (χ2v) is 7.32. The van der Waals surface area contributed by atoms with Crippen LogP contribution in [0.15, 0.2) is 36.4 Å². The first kappa shape index (κ1) is 18.7. The van der Waals surface area contributed by atoms with Gasteiger partial charge in [0, 0.05) is 25.2 Å². The summed E-state index contributed by atoms with van der Waals surface area (Å²) in [5, 5.41) is 3.07. The van der Waals surface area contributed by atoms with E-state index in [0.29, 0.717) is 0 Å². The first-order valence-electron chi connectivity index (χ1n) is 7.40. The van der Waals surface area contributed by atoms with Crippen LogP contribution in [0.3, 0.4) is 0 Å². The van der Waals surface area contributed by atoms with Gasteiger partial charge in [-0.2, -0.15) is 0 Å². The Morgan fingerprint density at radius 2 is 1.92 bits per heavy atom. The highest BCUT2D eigenvalue weighted by Crippen LogP contribution is 2.35. The van der Waals surface area contributed by atoms with Crippen LogP contribution in [-0.2, 0) is 16.0 Å². The smallest absolute Gasteiger partial charge is 0.311 e. The molecule has 0 aliphatic rings. The molecule has 0 bridgehead atoms. The van der Waals surface area contributed by atoms with Crippen molar-refractivity contribution in [2.45, 2.75) is 27.0 Å². The molecule has 0 amide bonds. The van der Waals surface area contributed by atoms with E-state index in [-0.39, 0.29) is 26.0 Å². The molecule has 3 rings (SSSR count). The van der Waals surface area contributed by atoms with Crippen LogP contribution in [0.5, 0.6) is 0 Å². The lowest BCUT2D eigenvalue weighted by molar-refractivity contribution is -0.154. The Balaban J connectivity index is 0.00000208. The van der Waals surface area contributed by atoms with E-state index in [1.54, 1.807) is 11.3 Å². The van der Waals surface area contributed by atoms with Gasteiger partial charge in [-0.1, -0.05) is 31.2 Å². The minimum Gasteiger partial charge on any atom is -0.446 e. The molecule has 2 aromatic carbocycles. The molecule has 0 saturated carbocycles. The molecule has 24 heavy (non-hydrogen) atoms. The molecule has 0 N–H and O–H groups in total. The molecule has 5 heteroatoms. The average molecular weight is 364 g/mol. The van der Waals surface area contributed by atoms with E-state index < -0.39 is 0 Å². The first-order chi connectivity index (χ1) is 10.9. The molecular formula is C19H22ClNO2S. The summed E-state index contributed by atoms with van der Waals surface area (Å²) < 4.78 is 7.74. The van der Waals surface area contributed by atoms with Gasteiger partial charge >= 0.3 is 5.97 Å². The zero-order chi connectivity index (χ0) is 16.6. The summed E-state index contributed by atoms with van der Waals surface area (Å²) in [5.41, 5.74) is 0.964. The second kappa shape index (κ2) is 7.51. The summed E-state index contributed by atoms with van der Waals surface area (Å²) in [6.07, 6.45) is 0.0565. The van der Waals surface area contributed by atoms with Gasteiger partial charge in [-0.05, 0) is 50.8 Å². The van der Waals surface area contributed by atoms with Crippen molar-refractivity contribution in [3.05, 3.63) is 47.0 Å². The number of hydrogen-bond donors (Lipinski definition) is 0. The van der Waals surface area contributed by atoms with Crippen LogP contribution in [0.25, 0.3) is 20.2 Å². The maximum Gasteiger partial charge on any atom is 0.311 e. The molecule has 1 unspecified atom stereocenters. The number of carbonyl (C=O) groups is 1. The molecule has 0 radical (unpaired) electrons. The lowest BCUT2D eigenvalue weighted by Gasteiger charge is -2.19. The first-order valence-corrected chi connectivity index (χ1v) is 8.60. The van der Waals surface area contributed by atoms with E-state index in [0.717, 1.165) is 20.7 Å². The van der Waals surface area contributed by atoms with Crippen LogP contribution in [0.1, 0.15) is 19.9 Å². The molecular weight excluding hydrogens is 342 g/mol. The predicted octanol–water partition coefficient (Wildman–Crippen LogP) is 5.34. The lowest BCUT2D eigenvalue weighted by Crippen LogP contribution is -2.30. The Morgan fingerprint density at radius 3 is 2.62 bits per heavy atom. The molecule has 128 valence electrons. The number of benzene rings is 2. The van der Waals surface area contributed by atoms with E-state index in [9.17, 15) is 4.79 Å². The van der Waals surface area contributed by atoms with Gasteiger partial charge < -0.3 is 4.74 Å². The van der Waals surface area contributed by atoms with E-state index in [2.05, 4.69) is 12.1 Å². The van der Waals surface area contributed by atoms with Gasteiger partial charge in [0.2, 0.25) is 0 Å². The number of hydrogen-bond acceptors (Lipinski definition) is 4. The summed E-state index contributed by atoms with van der Waals surface area (Å²) in [6, 6.07) is 12.0. The number of ether oxygens (including phenoxy) is 1. The fourth-order valence-electron chi connectivity index (χ4n) is 2.41. The van der Waals surface area contributed by atoms with Crippen molar-refractivity contribution in [3.63, 3.8) is 0 Å². The molecule has 3 nitrogen and oxygen atoms in total. The van der Waals surface area contributed by atoms with Crippen molar-refractivity contribution in [3.8, 4) is 0 Å². The highest BCUT2D eigenvalue weighted by molar-refractivity contribution is 7.25. The molecule has 1 atom stereocenters. The quantitative estimate of drug-likeness (QED) is 0.463. The van der Waals surface area contributed by atoms with Crippen LogP contribution in [0, 0.1) is 0 Å². The summed E-state index contributed by atoms with van der Waals surface area (Å²) in [4.78, 5) is 13.9. The van der Waals surface area contributed by atoms with Gasteiger partial charge in [0.25, 0.3) is 0 Å². The van der Waals surface area contributed by atoms with E-state index in [4.69, 9.17) is 16.3 Å². The maximum atomic E-state index is 12.0. The van der Waals surface area contributed by atoms with Crippen molar-refractivity contribution in [1.82, 2.24) is 4.90 Å². The molecule has 0 fully saturated rings. The number of thiophene rings is 1. The van der Waals surface area contributed by atoms with E-state index >= 15 is 0 Å². The number of rotatable bonds is 4. The predicted molar refractivity (Wildman–Crippen MR) is 104 cm³/mol. The van der Waals surface area contributed by atoms with Crippen molar-refractivity contribution in [2.75, 3.05) is 14.1 Å². The highest BCUT2D eigenvalue weighted by atomic mass is 35.5. The molecule has 3 aromatic rings. The molecule has 0 aliphatic heterocycles. The number of halogens is 1. The lowest BCUT2D eigenvalue weighted by atomic mass is 10.1. The zero-order valence-electron chi connectivity index (χ0n) is 13.3. The van der Waals surface area contributed by atoms with Gasteiger partial charge in [0.1, 0.15) is 0 Å². The standard InChI is InChI=1S/C18H18ClNO2S.CH4/c1-11(20(2)3)22-18(21)9-12-4-6-14-15-10-13(19)5-7-16(15)23-17(14)8-12;/h4-8,10-11H,9H2,1-3H3;1H4. The average Bonchev–Trinajstić information content (AvgIpc) is 2.83. The Hall–Kier alpha value is -1.62. The van der Waals surface area contributed by atoms with E-state index in [1.165, 1.54) is 10.1 Å². The van der Waals surface area contributed by atoms with Gasteiger partial charge in [0.05, 0.1) is 6.42 Å². The van der Waals surface area contributed by atoms with Crippen molar-refractivity contribution >= 4 is 49.1 Å². The molecule has 0 spiro atoms. The fourth-order valence-corrected chi connectivity index (χ4v) is 3.73. The zero-order valence-corrected chi connectivity index (χ0v) is 14.9. The van der Waals surface area contributed by atoms with Gasteiger partial charge in [-0.15, -0.1) is 11.3 Å². The third kappa shape index (κ3) is 3.89. The van der Waals surface area contributed by atoms with Crippen LogP contribution < -0.4 is 0 Å². The van der Waals surface area contributed by atoms with E-state index in [1.807, 2.05) is 50.2 Å². The molecule has 1 heterocycles. The molecule has 0 saturated heterocycles. The largest absolute Gasteiger partial charge is 0.446 e. The minimum atomic E-state index is -0.224.